The Morgan fingerprint density at radius 3 is 2.26 bits per heavy atom. The van der Waals surface area contributed by atoms with Crippen molar-refractivity contribution in [2.45, 2.75) is 12.1 Å². The number of benzene rings is 1. The standard InChI is InChI=1S/C12H11ClF3NO2/c13-6-10(18)9(8-4-2-1-3-5-8)7-17-11(19)12(14,15)16/h1-5,9H,6-7H2,(H,17,19). The van der Waals surface area contributed by atoms with Gasteiger partial charge < -0.3 is 5.32 Å². The van der Waals surface area contributed by atoms with Crippen molar-refractivity contribution in [1.29, 1.82) is 0 Å². The maximum atomic E-state index is 12.1. The Labute approximate surface area is 112 Å². The van der Waals surface area contributed by atoms with Gasteiger partial charge in [0.1, 0.15) is 0 Å². The Balaban J connectivity index is 2.78. The van der Waals surface area contributed by atoms with Crippen molar-refractivity contribution in [1.82, 2.24) is 5.32 Å². The molecule has 1 atom stereocenters. The third-order valence-electron chi connectivity index (χ3n) is 2.45. The third-order valence-corrected chi connectivity index (χ3v) is 2.71. The molecule has 1 aromatic rings. The molecule has 0 heterocycles. The van der Waals surface area contributed by atoms with Gasteiger partial charge in [-0.25, -0.2) is 0 Å². The zero-order chi connectivity index (χ0) is 14.5. The Morgan fingerprint density at radius 2 is 1.79 bits per heavy atom. The van der Waals surface area contributed by atoms with E-state index in [0.29, 0.717) is 5.56 Å². The molecule has 0 fully saturated rings. The van der Waals surface area contributed by atoms with Gasteiger partial charge in [0, 0.05) is 6.54 Å². The molecule has 0 aliphatic rings. The van der Waals surface area contributed by atoms with Crippen molar-refractivity contribution in [3.8, 4) is 0 Å². The molecule has 7 heteroatoms. The summed E-state index contributed by atoms with van der Waals surface area (Å²) in [5, 5.41) is 1.69. The van der Waals surface area contributed by atoms with Crippen LogP contribution in [0.2, 0.25) is 0 Å². The van der Waals surface area contributed by atoms with E-state index < -0.39 is 30.3 Å². The second kappa shape index (κ2) is 6.56. The summed E-state index contributed by atoms with van der Waals surface area (Å²) in [6.45, 7) is -0.437. The average molecular weight is 294 g/mol. The monoisotopic (exact) mass is 293 g/mol. The van der Waals surface area contributed by atoms with E-state index in [1.807, 2.05) is 0 Å². The first kappa shape index (κ1) is 15.5. The molecule has 19 heavy (non-hydrogen) atoms. The number of carbonyl (C=O) groups excluding carboxylic acids is 2. The summed E-state index contributed by atoms with van der Waals surface area (Å²) in [6.07, 6.45) is -4.97. The fraction of sp³-hybridized carbons (Fsp3) is 0.333. The molecule has 1 aromatic carbocycles. The molecule has 0 saturated heterocycles. The maximum Gasteiger partial charge on any atom is 0.471 e. The Kier molecular flexibility index (Phi) is 5.35. The lowest BCUT2D eigenvalue weighted by atomic mass is 9.95. The van der Waals surface area contributed by atoms with E-state index in [1.54, 1.807) is 35.6 Å². The molecule has 104 valence electrons. The maximum absolute atomic E-state index is 12.1. The molecule has 0 aliphatic heterocycles. The lowest BCUT2D eigenvalue weighted by molar-refractivity contribution is -0.173. The summed E-state index contributed by atoms with van der Waals surface area (Å²) in [7, 11) is 0. The van der Waals surface area contributed by atoms with Crippen LogP contribution in [0.5, 0.6) is 0 Å². The average Bonchev–Trinajstić information content (AvgIpc) is 2.38. The number of nitrogens with one attached hydrogen (secondary N) is 1. The highest BCUT2D eigenvalue weighted by atomic mass is 35.5. The first-order valence-electron chi connectivity index (χ1n) is 5.35. The molecule has 1 N–H and O–H groups in total. The summed E-state index contributed by atoms with van der Waals surface area (Å²) in [5.41, 5.74) is 0.510. The first-order valence-corrected chi connectivity index (χ1v) is 5.88. The third kappa shape index (κ3) is 4.55. The van der Waals surface area contributed by atoms with Crippen molar-refractivity contribution in [2.24, 2.45) is 0 Å². The molecule has 0 radical (unpaired) electrons. The zero-order valence-corrected chi connectivity index (χ0v) is 10.5. The van der Waals surface area contributed by atoms with Crippen molar-refractivity contribution in [3.05, 3.63) is 35.9 Å². The van der Waals surface area contributed by atoms with Crippen LogP contribution in [-0.4, -0.2) is 30.3 Å². The van der Waals surface area contributed by atoms with Crippen molar-refractivity contribution in [3.63, 3.8) is 0 Å². The van der Waals surface area contributed by atoms with Crippen molar-refractivity contribution in [2.75, 3.05) is 12.4 Å². The minimum absolute atomic E-state index is 0.332. The molecule has 1 rings (SSSR count). The fourth-order valence-electron chi connectivity index (χ4n) is 1.49. The highest BCUT2D eigenvalue weighted by molar-refractivity contribution is 6.28. The topological polar surface area (TPSA) is 46.2 Å². The van der Waals surface area contributed by atoms with Crippen molar-refractivity contribution < 1.29 is 22.8 Å². The van der Waals surface area contributed by atoms with Crippen LogP contribution in [0.3, 0.4) is 0 Å². The number of amides is 1. The summed E-state index contributed by atoms with van der Waals surface area (Å²) in [6, 6.07) is 8.19. The van der Waals surface area contributed by atoms with Gasteiger partial charge in [0.15, 0.2) is 5.78 Å². The highest BCUT2D eigenvalue weighted by Crippen LogP contribution is 2.18. The molecular formula is C12H11ClF3NO2. The summed E-state index contributed by atoms with van der Waals surface area (Å²) in [5.74, 6) is -3.74. The molecule has 3 nitrogen and oxygen atoms in total. The number of ketones is 1. The Hall–Kier alpha value is -1.56. The summed E-state index contributed by atoms with van der Waals surface area (Å²) < 4.78 is 36.2. The quantitative estimate of drug-likeness (QED) is 0.847. The zero-order valence-electron chi connectivity index (χ0n) is 9.71. The minimum Gasteiger partial charge on any atom is -0.347 e. The predicted molar refractivity (Wildman–Crippen MR) is 64.0 cm³/mol. The van der Waals surface area contributed by atoms with Gasteiger partial charge in [-0.1, -0.05) is 30.3 Å². The van der Waals surface area contributed by atoms with Gasteiger partial charge in [-0.3, -0.25) is 9.59 Å². The van der Waals surface area contributed by atoms with E-state index in [1.165, 1.54) is 0 Å². The van der Waals surface area contributed by atoms with E-state index >= 15 is 0 Å². The fourth-order valence-corrected chi connectivity index (χ4v) is 1.68. The van der Waals surface area contributed by atoms with Crippen LogP contribution < -0.4 is 5.32 Å². The van der Waals surface area contributed by atoms with Crippen LogP contribution in [-0.2, 0) is 9.59 Å². The van der Waals surface area contributed by atoms with E-state index in [2.05, 4.69) is 0 Å². The normalized spacial score (nSPS) is 12.8. The summed E-state index contributed by atoms with van der Waals surface area (Å²) in [4.78, 5) is 22.3. The van der Waals surface area contributed by atoms with Crippen LogP contribution in [0.1, 0.15) is 11.5 Å². The number of halogens is 4. The molecule has 1 amide bonds. The molecular weight excluding hydrogens is 283 g/mol. The van der Waals surface area contributed by atoms with Gasteiger partial charge in [-0.15, -0.1) is 11.6 Å². The molecule has 1 unspecified atom stereocenters. The van der Waals surface area contributed by atoms with Crippen LogP contribution in [0.15, 0.2) is 30.3 Å². The number of alkyl halides is 4. The van der Waals surface area contributed by atoms with E-state index in [4.69, 9.17) is 11.6 Å². The van der Waals surface area contributed by atoms with E-state index in [0.717, 1.165) is 0 Å². The predicted octanol–water partition coefficient (Wildman–Crippen LogP) is 2.26. The number of Topliss-reactive ketones (excluding diaryl/α,β-unsaturated/α-hetero) is 1. The number of hydrogen-bond acceptors (Lipinski definition) is 2. The van der Waals surface area contributed by atoms with Crippen LogP contribution in [0.4, 0.5) is 13.2 Å². The highest BCUT2D eigenvalue weighted by Gasteiger charge is 2.39. The summed E-state index contributed by atoms with van der Waals surface area (Å²) >= 11 is 5.42. The van der Waals surface area contributed by atoms with Crippen LogP contribution >= 0.6 is 11.6 Å². The van der Waals surface area contributed by atoms with E-state index in [9.17, 15) is 22.8 Å². The molecule has 0 saturated carbocycles. The Bertz CT molecular complexity index is 448. The van der Waals surface area contributed by atoms with Gasteiger partial charge in [0.2, 0.25) is 0 Å². The second-order valence-corrected chi connectivity index (χ2v) is 4.04. The number of carbonyl (C=O) groups is 2. The SMILES string of the molecule is O=C(CCl)C(CNC(=O)C(F)(F)F)c1ccccc1. The van der Waals surface area contributed by atoms with Crippen molar-refractivity contribution >= 4 is 23.3 Å². The molecule has 0 aromatic heterocycles. The van der Waals surface area contributed by atoms with E-state index in [-0.39, 0.29) is 5.88 Å². The lowest BCUT2D eigenvalue weighted by Gasteiger charge is -2.16. The number of rotatable bonds is 5. The second-order valence-electron chi connectivity index (χ2n) is 3.77. The van der Waals surface area contributed by atoms with Gasteiger partial charge in [-0.2, -0.15) is 13.2 Å². The molecule has 0 spiro atoms. The van der Waals surface area contributed by atoms with Gasteiger partial charge in [0.05, 0.1) is 11.8 Å². The Morgan fingerprint density at radius 1 is 1.21 bits per heavy atom. The lowest BCUT2D eigenvalue weighted by Crippen LogP contribution is -2.40. The van der Waals surface area contributed by atoms with Gasteiger partial charge in [-0.05, 0) is 5.56 Å². The largest absolute Gasteiger partial charge is 0.471 e. The first-order chi connectivity index (χ1) is 8.86. The van der Waals surface area contributed by atoms with Gasteiger partial charge in [0.25, 0.3) is 0 Å². The number of hydrogen-bond donors (Lipinski definition) is 1. The molecule has 0 aliphatic carbocycles. The smallest absolute Gasteiger partial charge is 0.347 e. The molecule has 0 bridgehead atoms. The van der Waals surface area contributed by atoms with Crippen LogP contribution in [0, 0.1) is 0 Å². The minimum atomic E-state index is -4.97. The van der Waals surface area contributed by atoms with Crippen LogP contribution in [0.25, 0.3) is 0 Å². The van der Waals surface area contributed by atoms with Gasteiger partial charge >= 0.3 is 12.1 Å².